The van der Waals surface area contributed by atoms with Crippen LogP contribution in [0.4, 0.5) is 0 Å². The van der Waals surface area contributed by atoms with Crippen LogP contribution in [0.5, 0.6) is 0 Å². The Morgan fingerprint density at radius 2 is 2.20 bits per heavy atom. The first-order chi connectivity index (χ1) is 9.56. The second kappa shape index (κ2) is 6.71. The number of sulfonamides is 1. The van der Waals surface area contributed by atoms with Crippen LogP contribution >= 0.6 is 0 Å². The van der Waals surface area contributed by atoms with Crippen molar-refractivity contribution in [2.24, 2.45) is 0 Å². The van der Waals surface area contributed by atoms with Crippen molar-refractivity contribution in [3.8, 4) is 0 Å². The van der Waals surface area contributed by atoms with Crippen molar-refractivity contribution in [2.75, 3.05) is 20.3 Å². The van der Waals surface area contributed by atoms with Gasteiger partial charge in [0.15, 0.2) is 0 Å². The second-order valence-corrected chi connectivity index (χ2v) is 6.77. The van der Waals surface area contributed by atoms with Crippen LogP contribution in [0.3, 0.4) is 0 Å². The highest BCUT2D eigenvalue weighted by molar-refractivity contribution is 7.89. The van der Waals surface area contributed by atoms with Crippen LogP contribution in [-0.2, 0) is 27.8 Å². The van der Waals surface area contributed by atoms with Crippen molar-refractivity contribution < 1.29 is 13.2 Å². The molecule has 0 unspecified atom stereocenters. The molecule has 6 nitrogen and oxygen atoms in total. The molecule has 1 aromatic rings. The van der Waals surface area contributed by atoms with Gasteiger partial charge in [-0.2, -0.15) is 0 Å². The Balaban J connectivity index is 2.06. The van der Waals surface area contributed by atoms with E-state index >= 15 is 0 Å². The normalized spacial score (nSPS) is 15.7. The summed E-state index contributed by atoms with van der Waals surface area (Å²) in [5.41, 5.74) is 1.01. The van der Waals surface area contributed by atoms with Crippen molar-refractivity contribution in [3.63, 3.8) is 0 Å². The van der Waals surface area contributed by atoms with Gasteiger partial charge in [-0.3, -0.25) is 0 Å². The lowest BCUT2D eigenvalue weighted by molar-refractivity contribution is 0.204. The van der Waals surface area contributed by atoms with E-state index in [0.717, 1.165) is 12.2 Å². The molecule has 0 radical (unpaired) electrons. The van der Waals surface area contributed by atoms with Gasteiger partial charge in [-0.25, -0.2) is 13.1 Å². The lowest BCUT2D eigenvalue weighted by Gasteiger charge is -2.06. The average molecular weight is 301 g/mol. The van der Waals surface area contributed by atoms with Gasteiger partial charge in [-0.05, 0) is 25.8 Å². The lowest BCUT2D eigenvalue weighted by atomic mass is 10.4. The number of aromatic nitrogens is 1. The minimum absolute atomic E-state index is 0.284. The molecule has 1 aliphatic carbocycles. The fourth-order valence-electron chi connectivity index (χ4n) is 2.01. The summed E-state index contributed by atoms with van der Waals surface area (Å²) in [4.78, 5) is 0.322. The molecular formula is C13H23N3O3S. The van der Waals surface area contributed by atoms with Gasteiger partial charge in [-0.1, -0.05) is 0 Å². The molecule has 0 aliphatic heterocycles. The van der Waals surface area contributed by atoms with Gasteiger partial charge in [0.2, 0.25) is 10.0 Å². The molecule has 1 aromatic heterocycles. The van der Waals surface area contributed by atoms with Crippen molar-refractivity contribution in [3.05, 3.63) is 18.0 Å². The first-order valence-electron chi connectivity index (χ1n) is 6.98. The second-order valence-electron chi connectivity index (χ2n) is 5.00. The maximum Gasteiger partial charge on any atom is 0.242 e. The van der Waals surface area contributed by atoms with Gasteiger partial charge in [0.05, 0.1) is 11.5 Å². The van der Waals surface area contributed by atoms with Crippen LogP contribution in [-0.4, -0.2) is 39.3 Å². The third kappa shape index (κ3) is 4.05. The maximum absolute atomic E-state index is 12.1. The fraction of sp³-hybridized carbons (Fsp3) is 0.692. The van der Waals surface area contributed by atoms with Crippen LogP contribution in [0.15, 0.2) is 17.2 Å². The quantitative estimate of drug-likeness (QED) is 0.658. The molecule has 7 heteroatoms. The average Bonchev–Trinajstić information content (AvgIpc) is 3.14. The SMILES string of the molecule is CCn1cc(S(=O)(=O)NCCOC)cc1CNC1CC1. The molecule has 1 aliphatic rings. The predicted octanol–water partition coefficient (Wildman–Crippen LogP) is 0.685. The van der Waals surface area contributed by atoms with Crippen LogP contribution in [0.1, 0.15) is 25.5 Å². The van der Waals surface area contributed by atoms with Gasteiger partial charge < -0.3 is 14.6 Å². The van der Waals surface area contributed by atoms with Crippen LogP contribution < -0.4 is 10.0 Å². The lowest BCUT2D eigenvalue weighted by Crippen LogP contribution is -2.26. The Bertz CT molecular complexity index is 535. The summed E-state index contributed by atoms with van der Waals surface area (Å²) < 4.78 is 33.6. The summed E-state index contributed by atoms with van der Waals surface area (Å²) in [6.07, 6.45) is 4.13. The molecule has 0 spiro atoms. The molecule has 114 valence electrons. The van der Waals surface area contributed by atoms with E-state index in [1.165, 1.54) is 12.8 Å². The standard InChI is InChI=1S/C13H23N3O3S/c1-3-16-10-13(20(17,18)15-6-7-19-2)8-12(16)9-14-11-4-5-11/h8,10-11,14-15H,3-7,9H2,1-2H3. The molecule has 1 heterocycles. The van der Waals surface area contributed by atoms with Gasteiger partial charge in [0, 0.05) is 44.7 Å². The Kier molecular flexibility index (Phi) is 5.20. The van der Waals surface area contributed by atoms with Crippen molar-refractivity contribution in [1.82, 2.24) is 14.6 Å². The van der Waals surface area contributed by atoms with Gasteiger partial charge in [0.1, 0.15) is 0 Å². The molecule has 2 rings (SSSR count). The van der Waals surface area contributed by atoms with Gasteiger partial charge in [-0.15, -0.1) is 0 Å². The van der Waals surface area contributed by atoms with E-state index in [1.807, 2.05) is 11.5 Å². The maximum atomic E-state index is 12.1. The van der Waals surface area contributed by atoms with E-state index in [0.29, 0.717) is 24.1 Å². The number of ether oxygens (including phenoxy) is 1. The topological polar surface area (TPSA) is 72.4 Å². The molecule has 2 N–H and O–H groups in total. The van der Waals surface area contributed by atoms with E-state index in [9.17, 15) is 8.42 Å². The van der Waals surface area contributed by atoms with E-state index in [1.54, 1.807) is 19.4 Å². The number of nitrogens with zero attached hydrogens (tertiary/aromatic N) is 1. The summed E-state index contributed by atoms with van der Waals surface area (Å²) >= 11 is 0. The minimum atomic E-state index is -3.45. The minimum Gasteiger partial charge on any atom is -0.383 e. The molecule has 0 saturated heterocycles. The molecule has 0 aromatic carbocycles. The number of aryl methyl sites for hydroxylation is 1. The monoisotopic (exact) mass is 301 g/mol. The number of methoxy groups -OCH3 is 1. The molecular weight excluding hydrogens is 278 g/mol. The number of hydrogen-bond acceptors (Lipinski definition) is 4. The fourth-order valence-corrected chi connectivity index (χ4v) is 3.09. The Morgan fingerprint density at radius 3 is 2.80 bits per heavy atom. The summed E-state index contributed by atoms with van der Waals surface area (Å²) in [7, 11) is -1.90. The highest BCUT2D eigenvalue weighted by atomic mass is 32.2. The molecule has 1 fully saturated rings. The first-order valence-corrected chi connectivity index (χ1v) is 8.46. The molecule has 1 saturated carbocycles. The van der Waals surface area contributed by atoms with E-state index in [2.05, 4.69) is 10.0 Å². The number of nitrogens with one attached hydrogen (secondary N) is 2. The highest BCUT2D eigenvalue weighted by Crippen LogP contribution is 2.20. The summed E-state index contributed by atoms with van der Waals surface area (Å²) in [5.74, 6) is 0. The number of hydrogen-bond donors (Lipinski definition) is 2. The highest BCUT2D eigenvalue weighted by Gasteiger charge is 2.22. The van der Waals surface area contributed by atoms with Crippen LogP contribution in [0.2, 0.25) is 0 Å². The van der Waals surface area contributed by atoms with Gasteiger partial charge >= 0.3 is 0 Å². The summed E-state index contributed by atoms with van der Waals surface area (Å²) in [5, 5.41) is 3.41. The van der Waals surface area contributed by atoms with Crippen LogP contribution in [0, 0.1) is 0 Å². The van der Waals surface area contributed by atoms with Crippen molar-refractivity contribution in [2.45, 2.75) is 43.8 Å². The largest absolute Gasteiger partial charge is 0.383 e. The Hall–Kier alpha value is -0.890. The first kappa shape index (κ1) is 15.5. The zero-order valence-corrected chi connectivity index (χ0v) is 12.9. The summed E-state index contributed by atoms with van der Waals surface area (Å²) in [6.45, 7) is 4.13. The molecule has 20 heavy (non-hydrogen) atoms. The predicted molar refractivity (Wildman–Crippen MR) is 77.0 cm³/mol. The van der Waals surface area contributed by atoms with Crippen LogP contribution in [0.25, 0.3) is 0 Å². The van der Waals surface area contributed by atoms with E-state index in [-0.39, 0.29) is 6.54 Å². The van der Waals surface area contributed by atoms with Crippen molar-refractivity contribution in [1.29, 1.82) is 0 Å². The Morgan fingerprint density at radius 1 is 1.45 bits per heavy atom. The molecule has 0 amide bonds. The Labute approximate surface area is 120 Å². The third-order valence-electron chi connectivity index (χ3n) is 3.36. The summed E-state index contributed by atoms with van der Waals surface area (Å²) in [6, 6.07) is 2.35. The molecule has 0 bridgehead atoms. The zero-order valence-electron chi connectivity index (χ0n) is 12.1. The van der Waals surface area contributed by atoms with E-state index < -0.39 is 10.0 Å². The van der Waals surface area contributed by atoms with E-state index in [4.69, 9.17) is 4.74 Å². The smallest absolute Gasteiger partial charge is 0.242 e. The molecule has 0 atom stereocenters. The zero-order chi connectivity index (χ0) is 14.6. The van der Waals surface area contributed by atoms with Gasteiger partial charge in [0.25, 0.3) is 0 Å². The number of rotatable bonds is 9. The van der Waals surface area contributed by atoms with Crippen molar-refractivity contribution >= 4 is 10.0 Å². The third-order valence-corrected chi connectivity index (χ3v) is 4.79.